The standard InChI is InChI=1S/C12H18N6S/c1-13-12-14-10(9-3-8-19-11(9)15-12)16-18-6-4-17(2)5-7-18/h3,8H,4-7H2,1-2H3,(H2,13,14,15,16). The normalized spacial score (nSPS) is 17.8. The molecule has 1 aliphatic rings. The third kappa shape index (κ3) is 2.63. The number of hydrazine groups is 1. The number of hydrogen-bond donors (Lipinski definition) is 2. The first kappa shape index (κ1) is 12.6. The zero-order chi connectivity index (χ0) is 13.2. The molecule has 0 aliphatic carbocycles. The number of anilines is 2. The molecule has 1 saturated heterocycles. The Morgan fingerprint density at radius 2 is 2.00 bits per heavy atom. The van der Waals surface area contributed by atoms with Gasteiger partial charge in [-0.1, -0.05) is 0 Å². The number of nitrogens with zero attached hydrogens (tertiary/aromatic N) is 4. The molecule has 3 rings (SSSR count). The molecule has 102 valence electrons. The number of nitrogens with one attached hydrogen (secondary N) is 2. The molecule has 6 nitrogen and oxygen atoms in total. The predicted octanol–water partition coefficient (Wildman–Crippen LogP) is 1.31. The molecule has 0 bridgehead atoms. The Hall–Kier alpha value is -1.44. The average Bonchev–Trinajstić information content (AvgIpc) is 2.89. The highest BCUT2D eigenvalue weighted by molar-refractivity contribution is 7.16. The molecule has 7 heteroatoms. The highest BCUT2D eigenvalue weighted by Crippen LogP contribution is 2.26. The van der Waals surface area contributed by atoms with Gasteiger partial charge in [-0.25, -0.2) is 9.99 Å². The summed E-state index contributed by atoms with van der Waals surface area (Å²) in [6.45, 7) is 4.15. The van der Waals surface area contributed by atoms with Crippen LogP contribution in [0.3, 0.4) is 0 Å². The van der Waals surface area contributed by atoms with Crippen molar-refractivity contribution < 1.29 is 0 Å². The van der Waals surface area contributed by atoms with Crippen molar-refractivity contribution in [3.8, 4) is 0 Å². The van der Waals surface area contributed by atoms with Crippen molar-refractivity contribution >= 4 is 33.3 Å². The van der Waals surface area contributed by atoms with Crippen molar-refractivity contribution in [2.24, 2.45) is 0 Å². The number of aromatic nitrogens is 2. The van der Waals surface area contributed by atoms with Gasteiger partial charge in [0.05, 0.1) is 5.39 Å². The Morgan fingerprint density at radius 1 is 1.21 bits per heavy atom. The van der Waals surface area contributed by atoms with E-state index in [9.17, 15) is 0 Å². The first-order valence-corrected chi connectivity index (χ1v) is 7.27. The molecule has 0 atom stereocenters. The van der Waals surface area contributed by atoms with Crippen LogP contribution in [0.15, 0.2) is 11.4 Å². The van der Waals surface area contributed by atoms with Gasteiger partial charge in [0, 0.05) is 33.2 Å². The molecule has 0 unspecified atom stereocenters. The molecule has 1 fully saturated rings. The zero-order valence-electron chi connectivity index (χ0n) is 11.2. The summed E-state index contributed by atoms with van der Waals surface area (Å²) in [7, 11) is 3.99. The van der Waals surface area contributed by atoms with Crippen LogP contribution in [-0.2, 0) is 0 Å². The monoisotopic (exact) mass is 278 g/mol. The lowest BCUT2D eigenvalue weighted by Gasteiger charge is -2.32. The van der Waals surface area contributed by atoms with Crippen LogP contribution in [0.1, 0.15) is 0 Å². The van der Waals surface area contributed by atoms with E-state index in [2.05, 4.69) is 43.7 Å². The van der Waals surface area contributed by atoms with Crippen LogP contribution in [0.4, 0.5) is 11.8 Å². The molecule has 0 saturated carbocycles. The molecule has 0 aromatic carbocycles. The molecule has 3 heterocycles. The fourth-order valence-corrected chi connectivity index (χ4v) is 2.88. The van der Waals surface area contributed by atoms with Gasteiger partial charge in [-0.15, -0.1) is 11.3 Å². The largest absolute Gasteiger partial charge is 0.357 e. The molecular weight excluding hydrogens is 260 g/mol. The lowest BCUT2D eigenvalue weighted by atomic mass is 10.3. The van der Waals surface area contributed by atoms with E-state index in [0.717, 1.165) is 42.2 Å². The first-order valence-electron chi connectivity index (χ1n) is 6.39. The van der Waals surface area contributed by atoms with Gasteiger partial charge in [-0.3, -0.25) is 0 Å². The summed E-state index contributed by atoms with van der Waals surface area (Å²) in [4.78, 5) is 12.3. The number of piperazine rings is 1. The van der Waals surface area contributed by atoms with Crippen LogP contribution >= 0.6 is 11.3 Å². The van der Waals surface area contributed by atoms with Crippen LogP contribution in [0.5, 0.6) is 0 Å². The van der Waals surface area contributed by atoms with E-state index in [4.69, 9.17) is 0 Å². The van der Waals surface area contributed by atoms with Crippen molar-refractivity contribution in [2.45, 2.75) is 0 Å². The van der Waals surface area contributed by atoms with Crippen molar-refractivity contribution in [3.63, 3.8) is 0 Å². The van der Waals surface area contributed by atoms with E-state index in [0.29, 0.717) is 5.95 Å². The second-order valence-corrected chi connectivity index (χ2v) is 5.58. The molecule has 0 amide bonds. The summed E-state index contributed by atoms with van der Waals surface area (Å²) >= 11 is 1.64. The van der Waals surface area contributed by atoms with E-state index < -0.39 is 0 Å². The molecule has 2 aromatic rings. The second kappa shape index (κ2) is 5.28. The summed E-state index contributed by atoms with van der Waals surface area (Å²) in [5.41, 5.74) is 3.43. The minimum atomic E-state index is 0.659. The molecule has 2 N–H and O–H groups in total. The third-order valence-corrected chi connectivity index (χ3v) is 4.12. The molecule has 1 aliphatic heterocycles. The quantitative estimate of drug-likeness (QED) is 0.883. The minimum absolute atomic E-state index is 0.659. The van der Waals surface area contributed by atoms with Crippen LogP contribution in [0.2, 0.25) is 0 Å². The topological polar surface area (TPSA) is 56.3 Å². The van der Waals surface area contributed by atoms with Gasteiger partial charge in [0.1, 0.15) is 4.83 Å². The molecule has 0 radical (unpaired) electrons. The third-order valence-electron chi connectivity index (χ3n) is 3.32. The van der Waals surface area contributed by atoms with Crippen molar-refractivity contribution in [1.29, 1.82) is 0 Å². The van der Waals surface area contributed by atoms with Gasteiger partial charge in [-0.05, 0) is 18.5 Å². The highest BCUT2D eigenvalue weighted by Gasteiger charge is 2.16. The summed E-state index contributed by atoms with van der Waals surface area (Å²) in [6, 6.07) is 2.07. The van der Waals surface area contributed by atoms with Crippen molar-refractivity contribution in [2.75, 3.05) is 51.0 Å². The van der Waals surface area contributed by atoms with E-state index in [1.54, 1.807) is 11.3 Å². The van der Waals surface area contributed by atoms with E-state index in [-0.39, 0.29) is 0 Å². The zero-order valence-corrected chi connectivity index (χ0v) is 12.0. The van der Waals surface area contributed by atoms with E-state index in [1.165, 1.54) is 0 Å². The minimum Gasteiger partial charge on any atom is -0.357 e. The predicted molar refractivity (Wildman–Crippen MR) is 79.7 cm³/mol. The van der Waals surface area contributed by atoms with Gasteiger partial charge in [0.15, 0.2) is 5.82 Å². The van der Waals surface area contributed by atoms with Crippen LogP contribution in [0.25, 0.3) is 10.2 Å². The lowest BCUT2D eigenvalue weighted by molar-refractivity contribution is 0.178. The maximum Gasteiger partial charge on any atom is 0.225 e. The number of rotatable bonds is 3. The fraction of sp³-hybridized carbons (Fsp3) is 0.500. The van der Waals surface area contributed by atoms with Crippen LogP contribution < -0.4 is 10.7 Å². The Bertz CT molecular complexity index is 560. The average molecular weight is 278 g/mol. The summed E-state index contributed by atoms with van der Waals surface area (Å²) in [6.07, 6.45) is 0. The molecule has 0 spiro atoms. The van der Waals surface area contributed by atoms with E-state index >= 15 is 0 Å². The number of hydrogen-bond acceptors (Lipinski definition) is 7. The maximum absolute atomic E-state index is 4.52. The Morgan fingerprint density at radius 3 is 2.74 bits per heavy atom. The number of thiophene rings is 1. The Kier molecular flexibility index (Phi) is 3.50. The summed E-state index contributed by atoms with van der Waals surface area (Å²) < 4.78 is 0. The van der Waals surface area contributed by atoms with Gasteiger partial charge in [0.2, 0.25) is 5.95 Å². The van der Waals surface area contributed by atoms with Crippen LogP contribution in [0, 0.1) is 0 Å². The highest BCUT2D eigenvalue weighted by atomic mass is 32.1. The molecular formula is C12H18N6S. The van der Waals surface area contributed by atoms with Gasteiger partial charge >= 0.3 is 0 Å². The Balaban J connectivity index is 1.85. The molecule has 19 heavy (non-hydrogen) atoms. The van der Waals surface area contributed by atoms with Gasteiger partial charge in [-0.2, -0.15) is 4.98 Å². The lowest BCUT2D eigenvalue weighted by Crippen LogP contribution is -2.47. The first-order chi connectivity index (χ1) is 9.26. The van der Waals surface area contributed by atoms with Crippen molar-refractivity contribution in [1.82, 2.24) is 19.9 Å². The van der Waals surface area contributed by atoms with Gasteiger partial charge in [0.25, 0.3) is 0 Å². The molecule has 2 aromatic heterocycles. The smallest absolute Gasteiger partial charge is 0.225 e. The Labute approximate surface area is 116 Å². The van der Waals surface area contributed by atoms with Crippen molar-refractivity contribution in [3.05, 3.63) is 11.4 Å². The summed E-state index contributed by atoms with van der Waals surface area (Å²) in [5, 5.41) is 8.37. The second-order valence-electron chi connectivity index (χ2n) is 4.69. The fourth-order valence-electron chi connectivity index (χ4n) is 2.12. The van der Waals surface area contributed by atoms with E-state index in [1.807, 2.05) is 12.4 Å². The maximum atomic E-state index is 4.52. The van der Waals surface area contributed by atoms with Crippen LogP contribution in [-0.4, -0.2) is 60.2 Å². The SMILES string of the molecule is CNc1nc(NN2CCN(C)CC2)c2ccsc2n1. The number of fused-ring (bicyclic) bond motifs is 1. The van der Waals surface area contributed by atoms with Gasteiger partial charge < -0.3 is 15.6 Å². The summed E-state index contributed by atoms with van der Waals surface area (Å²) in [5.74, 6) is 1.55. The number of likely N-dealkylation sites (N-methyl/N-ethyl adjacent to an activating group) is 1.